The third-order valence-corrected chi connectivity index (χ3v) is 4.85. The summed E-state index contributed by atoms with van der Waals surface area (Å²) in [7, 11) is 0. The molecule has 0 radical (unpaired) electrons. The standard InChI is InChI=1S/C22H32N2O7/c1-6-22(19(28)29,13-12-17(25)26)24(7-2)18(27)16-10-8-15(9-11-16)14-23-20(30)31-21(3,4)5/h8-11H,6-7,12-14H2,1-5H3,(H,23,30)(H,25,26)(H,28,29)/t22-/m0/s1. The van der Waals surface area contributed by atoms with Gasteiger partial charge in [0, 0.05) is 25.1 Å². The first kappa shape index (κ1) is 25.9. The fourth-order valence-corrected chi connectivity index (χ4v) is 3.24. The van der Waals surface area contributed by atoms with Gasteiger partial charge in [-0.2, -0.15) is 0 Å². The molecule has 1 rings (SSSR count). The lowest BCUT2D eigenvalue weighted by Gasteiger charge is -2.39. The van der Waals surface area contributed by atoms with Crippen LogP contribution < -0.4 is 5.32 Å². The molecule has 0 fully saturated rings. The maximum atomic E-state index is 13.1. The Hall–Kier alpha value is -3.10. The fourth-order valence-electron chi connectivity index (χ4n) is 3.24. The number of carbonyl (C=O) groups excluding carboxylic acids is 2. The van der Waals surface area contributed by atoms with Crippen molar-refractivity contribution in [2.45, 2.75) is 71.6 Å². The van der Waals surface area contributed by atoms with Crippen molar-refractivity contribution in [2.75, 3.05) is 6.54 Å². The van der Waals surface area contributed by atoms with Crippen LogP contribution in [0, 0.1) is 0 Å². The molecule has 1 aromatic rings. The normalized spacial score (nSPS) is 13.1. The summed E-state index contributed by atoms with van der Waals surface area (Å²) in [4.78, 5) is 49.2. The van der Waals surface area contributed by atoms with Gasteiger partial charge in [0.25, 0.3) is 5.91 Å². The van der Waals surface area contributed by atoms with Gasteiger partial charge >= 0.3 is 18.0 Å². The van der Waals surface area contributed by atoms with Crippen molar-refractivity contribution in [3.63, 3.8) is 0 Å². The largest absolute Gasteiger partial charge is 0.481 e. The van der Waals surface area contributed by atoms with E-state index in [-0.39, 0.29) is 37.9 Å². The summed E-state index contributed by atoms with van der Waals surface area (Å²) in [6.07, 6.45) is -1.03. The lowest BCUT2D eigenvalue weighted by atomic mass is 9.87. The van der Waals surface area contributed by atoms with Crippen LogP contribution in [0.3, 0.4) is 0 Å². The lowest BCUT2D eigenvalue weighted by molar-refractivity contribution is -0.151. The van der Waals surface area contributed by atoms with Crippen molar-refractivity contribution in [1.29, 1.82) is 0 Å². The molecular weight excluding hydrogens is 404 g/mol. The number of amides is 2. The van der Waals surface area contributed by atoms with E-state index < -0.39 is 35.1 Å². The average molecular weight is 437 g/mol. The van der Waals surface area contributed by atoms with E-state index >= 15 is 0 Å². The number of hydrogen-bond acceptors (Lipinski definition) is 5. The number of carboxylic acid groups (broad SMARTS) is 2. The molecule has 9 nitrogen and oxygen atoms in total. The molecule has 3 N–H and O–H groups in total. The summed E-state index contributed by atoms with van der Waals surface area (Å²) in [6.45, 7) is 8.87. The summed E-state index contributed by atoms with van der Waals surface area (Å²) in [5.74, 6) is -2.85. The molecule has 0 aromatic heterocycles. The van der Waals surface area contributed by atoms with Gasteiger partial charge in [0.15, 0.2) is 0 Å². The zero-order valence-electron chi connectivity index (χ0n) is 18.7. The maximum Gasteiger partial charge on any atom is 0.407 e. The van der Waals surface area contributed by atoms with Gasteiger partial charge in [0.1, 0.15) is 11.1 Å². The molecular formula is C22H32N2O7. The highest BCUT2D eigenvalue weighted by Gasteiger charge is 2.44. The van der Waals surface area contributed by atoms with E-state index in [2.05, 4.69) is 5.32 Å². The van der Waals surface area contributed by atoms with Crippen molar-refractivity contribution in [3.05, 3.63) is 35.4 Å². The molecule has 0 spiro atoms. The van der Waals surface area contributed by atoms with Crippen molar-refractivity contribution < 1.29 is 34.1 Å². The summed E-state index contributed by atoms with van der Waals surface area (Å²) < 4.78 is 5.17. The van der Waals surface area contributed by atoms with Crippen LogP contribution in [0.4, 0.5) is 4.79 Å². The van der Waals surface area contributed by atoms with Crippen LogP contribution >= 0.6 is 0 Å². The summed E-state index contributed by atoms with van der Waals surface area (Å²) in [5.41, 5.74) is -1.21. The summed E-state index contributed by atoms with van der Waals surface area (Å²) >= 11 is 0. The zero-order chi connectivity index (χ0) is 23.8. The number of carboxylic acids is 2. The first-order valence-corrected chi connectivity index (χ1v) is 10.2. The highest BCUT2D eigenvalue weighted by atomic mass is 16.6. The minimum atomic E-state index is -1.61. The van der Waals surface area contributed by atoms with Crippen LogP contribution in [-0.4, -0.2) is 56.7 Å². The number of aliphatic carboxylic acids is 2. The molecule has 0 bridgehead atoms. The number of alkyl carbamates (subject to hydrolysis) is 1. The second-order valence-electron chi connectivity index (χ2n) is 8.19. The van der Waals surface area contributed by atoms with Crippen molar-refractivity contribution in [1.82, 2.24) is 10.2 Å². The quantitative estimate of drug-likeness (QED) is 0.512. The molecule has 0 saturated heterocycles. The SMILES string of the molecule is CCN(C(=O)c1ccc(CNC(=O)OC(C)(C)C)cc1)[C@@](CC)(CCC(=O)O)C(=O)O. The maximum absolute atomic E-state index is 13.1. The average Bonchev–Trinajstić information content (AvgIpc) is 2.68. The van der Waals surface area contributed by atoms with E-state index in [1.807, 2.05) is 0 Å². The summed E-state index contributed by atoms with van der Waals surface area (Å²) in [6, 6.07) is 6.42. The molecule has 1 atom stereocenters. The summed E-state index contributed by atoms with van der Waals surface area (Å²) in [5, 5.41) is 21.5. The van der Waals surface area contributed by atoms with E-state index in [4.69, 9.17) is 9.84 Å². The predicted molar refractivity (Wildman–Crippen MR) is 114 cm³/mol. The van der Waals surface area contributed by atoms with Crippen molar-refractivity contribution in [2.24, 2.45) is 0 Å². The molecule has 0 aliphatic heterocycles. The van der Waals surface area contributed by atoms with Gasteiger partial charge in [-0.3, -0.25) is 9.59 Å². The second kappa shape index (κ2) is 10.8. The number of nitrogens with zero attached hydrogens (tertiary/aromatic N) is 1. The van der Waals surface area contributed by atoms with Gasteiger partial charge in [-0.15, -0.1) is 0 Å². The van der Waals surface area contributed by atoms with Gasteiger partial charge in [-0.1, -0.05) is 19.1 Å². The Morgan fingerprint density at radius 2 is 1.61 bits per heavy atom. The van der Waals surface area contributed by atoms with Gasteiger partial charge in [0.05, 0.1) is 0 Å². The number of carbonyl (C=O) groups is 4. The molecule has 0 unspecified atom stereocenters. The van der Waals surface area contributed by atoms with Crippen LogP contribution in [0.25, 0.3) is 0 Å². The minimum absolute atomic E-state index is 0.0765. The van der Waals surface area contributed by atoms with Crippen molar-refractivity contribution in [3.8, 4) is 0 Å². The molecule has 0 saturated carbocycles. The molecule has 9 heteroatoms. The van der Waals surface area contributed by atoms with Crippen LogP contribution in [-0.2, 0) is 20.9 Å². The number of rotatable bonds is 10. The highest BCUT2D eigenvalue weighted by Crippen LogP contribution is 2.28. The van der Waals surface area contributed by atoms with Crippen molar-refractivity contribution >= 4 is 23.9 Å². The predicted octanol–water partition coefficient (Wildman–Crippen LogP) is 3.27. The van der Waals surface area contributed by atoms with E-state index in [1.54, 1.807) is 58.9 Å². The van der Waals surface area contributed by atoms with E-state index in [0.29, 0.717) is 0 Å². The third-order valence-electron chi connectivity index (χ3n) is 4.85. The Kier molecular flexibility index (Phi) is 9.02. The first-order valence-electron chi connectivity index (χ1n) is 10.2. The molecule has 1 aromatic carbocycles. The molecule has 0 aliphatic rings. The third kappa shape index (κ3) is 7.27. The van der Waals surface area contributed by atoms with Gasteiger partial charge in [0.2, 0.25) is 0 Å². The molecule has 2 amide bonds. The smallest absolute Gasteiger partial charge is 0.407 e. The Labute approximate surface area is 182 Å². The lowest BCUT2D eigenvalue weighted by Crippen LogP contribution is -2.57. The highest BCUT2D eigenvalue weighted by molar-refractivity contribution is 5.98. The number of nitrogens with one attached hydrogen (secondary N) is 1. The molecule has 0 heterocycles. The number of likely N-dealkylation sites (N-methyl/N-ethyl adjacent to an activating group) is 1. The Balaban J connectivity index is 2.99. The fraction of sp³-hybridized carbons (Fsp3) is 0.545. The number of ether oxygens (including phenoxy) is 1. The monoisotopic (exact) mass is 436 g/mol. The minimum Gasteiger partial charge on any atom is -0.481 e. The second-order valence-corrected chi connectivity index (χ2v) is 8.19. The van der Waals surface area contributed by atoms with Crippen LogP contribution in [0.15, 0.2) is 24.3 Å². The topological polar surface area (TPSA) is 133 Å². The number of hydrogen-bond donors (Lipinski definition) is 3. The van der Waals surface area contributed by atoms with E-state index in [9.17, 15) is 24.3 Å². The van der Waals surface area contributed by atoms with Crippen LogP contribution in [0.5, 0.6) is 0 Å². The molecule has 0 aliphatic carbocycles. The first-order chi connectivity index (χ1) is 14.4. The Morgan fingerprint density at radius 1 is 1.03 bits per heavy atom. The van der Waals surface area contributed by atoms with E-state index in [1.165, 1.54) is 4.90 Å². The van der Waals surface area contributed by atoms with Gasteiger partial charge in [-0.05, 0) is 58.2 Å². The number of benzene rings is 1. The van der Waals surface area contributed by atoms with Crippen LogP contribution in [0.1, 0.15) is 69.8 Å². The van der Waals surface area contributed by atoms with Crippen LogP contribution in [0.2, 0.25) is 0 Å². The van der Waals surface area contributed by atoms with E-state index in [0.717, 1.165) is 5.56 Å². The zero-order valence-corrected chi connectivity index (χ0v) is 18.7. The molecule has 172 valence electrons. The Bertz CT molecular complexity index is 799. The van der Waals surface area contributed by atoms with Gasteiger partial charge < -0.3 is 25.2 Å². The Morgan fingerprint density at radius 3 is 2.03 bits per heavy atom. The van der Waals surface area contributed by atoms with Gasteiger partial charge in [-0.25, -0.2) is 9.59 Å². The molecule has 31 heavy (non-hydrogen) atoms.